The number of hydrogen-bond donors (Lipinski definition) is 4. The standard InChI is InChI=1S/C31H35N5O3/c1-30(2,3)26(35-27(37)24-13-19-7-5-6-8-22(19)34-24)28(38)33-16-25-21-15-31(21,4)17-36(25)29(39)20-10-9-18-11-12-32-23(18)14-20/h5-14,21,25-26,32,34H,15-17H2,1-4H3,(H,33,38)(H,35,37). The molecule has 1 aliphatic carbocycles. The van der Waals surface area contributed by atoms with E-state index in [4.69, 9.17) is 0 Å². The van der Waals surface area contributed by atoms with Gasteiger partial charge < -0.3 is 25.5 Å². The van der Waals surface area contributed by atoms with Crippen LogP contribution in [-0.2, 0) is 4.79 Å². The van der Waals surface area contributed by atoms with Crippen LogP contribution in [0, 0.1) is 16.7 Å². The first-order valence-electron chi connectivity index (χ1n) is 13.6. The third kappa shape index (κ3) is 4.58. The zero-order chi connectivity index (χ0) is 27.5. The molecule has 2 aromatic carbocycles. The average Bonchev–Trinajstić information content (AvgIpc) is 3.28. The Balaban J connectivity index is 1.16. The van der Waals surface area contributed by atoms with Crippen molar-refractivity contribution in [3.05, 3.63) is 72.1 Å². The summed E-state index contributed by atoms with van der Waals surface area (Å²) in [5, 5.41) is 8.04. The SMILES string of the molecule is CC(C)(C)C(NC(=O)c1cc2ccccc2[nH]1)C(=O)NCC1C2CC2(C)CN1C(=O)c1ccc2cc[nH]c2c1. The van der Waals surface area contributed by atoms with E-state index < -0.39 is 11.5 Å². The van der Waals surface area contributed by atoms with Crippen molar-refractivity contribution in [1.82, 2.24) is 25.5 Å². The number of rotatable bonds is 6. The van der Waals surface area contributed by atoms with Crippen LogP contribution in [0.15, 0.2) is 60.8 Å². The fourth-order valence-corrected chi connectivity index (χ4v) is 6.16. The topological polar surface area (TPSA) is 110 Å². The van der Waals surface area contributed by atoms with Gasteiger partial charge in [-0.2, -0.15) is 0 Å². The number of fused-ring (bicyclic) bond motifs is 3. The molecule has 0 radical (unpaired) electrons. The lowest BCUT2D eigenvalue weighted by molar-refractivity contribution is -0.125. The smallest absolute Gasteiger partial charge is 0.268 e. The van der Waals surface area contributed by atoms with Crippen LogP contribution in [-0.4, -0.2) is 57.8 Å². The van der Waals surface area contributed by atoms with E-state index in [2.05, 4.69) is 27.5 Å². The molecule has 39 heavy (non-hydrogen) atoms. The first-order chi connectivity index (χ1) is 18.5. The minimum Gasteiger partial charge on any atom is -0.361 e. The quantitative estimate of drug-likeness (QED) is 0.298. The lowest BCUT2D eigenvalue weighted by Crippen LogP contribution is -2.55. The number of aromatic amines is 2. The van der Waals surface area contributed by atoms with Gasteiger partial charge in [0.2, 0.25) is 5.91 Å². The second-order valence-electron chi connectivity index (χ2n) is 12.5. The molecule has 8 heteroatoms. The Morgan fingerprint density at radius 1 is 1.05 bits per heavy atom. The maximum Gasteiger partial charge on any atom is 0.268 e. The van der Waals surface area contributed by atoms with Crippen LogP contribution in [0.4, 0.5) is 0 Å². The summed E-state index contributed by atoms with van der Waals surface area (Å²) in [5.41, 5.74) is 2.43. The second kappa shape index (κ2) is 9.00. The van der Waals surface area contributed by atoms with Gasteiger partial charge in [-0.25, -0.2) is 0 Å². The summed E-state index contributed by atoms with van der Waals surface area (Å²) in [5.74, 6) is -0.238. The highest BCUT2D eigenvalue weighted by Gasteiger charge is 2.62. The lowest BCUT2D eigenvalue weighted by atomic mass is 9.86. The van der Waals surface area contributed by atoms with Crippen LogP contribution < -0.4 is 10.6 Å². The molecule has 4 aromatic rings. The Morgan fingerprint density at radius 2 is 1.85 bits per heavy atom. The molecule has 4 N–H and O–H groups in total. The van der Waals surface area contributed by atoms with Crippen LogP contribution in [0.25, 0.3) is 21.8 Å². The fraction of sp³-hybridized carbons (Fsp3) is 0.387. The minimum absolute atomic E-state index is 0.0151. The number of para-hydroxylation sites is 1. The molecular formula is C31H35N5O3. The zero-order valence-corrected chi connectivity index (χ0v) is 22.8. The minimum atomic E-state index is -0.747. The van der Waals surface area contributed by atoms with Crippen molar-refractivity contribution in [2.75, 3.05) is 13.1 Å². The van der Waals surface area contributed by atoms with Crippen LogP contribution in [0.2, 0.25) is 0 Å². The summed E-state index contributed by atoms with van der Waals surface area (Å²) in [6, 6.07) is 16.3. The van der Waals surface area contributed by atoms with E-state index in [0.717, 1.165) is 28.2 Å². The fourth-order valence-electron chi connectivity index (χ4n) is 6.16. The van der Waals surface area contributed by atoms with Crippen LogP contribution >= 0.6 is 0 Å². The molecule has 0 spiro atoms. The molecule has 1 saturated heterocycles. The maximum atomic E-state index is 13.6. The first-order valence-corrected chi connectivity index (χ1v) is 13.6. The van der Waals surface area contributed by atoms with Gasteiger partial charge >= 0.3 is 0 Å². The van der Waals surface area contributed by atoms with Gasteiger partial charge in [0.15, 0.2) is 0 Å². The summed E-state index contributed by atoms with van der Waals surface area (Å²) in [6.45, 7) is 9.05. The summed E-state index contributed by atoms with van der Waals surface area (Å²) in [7, 11) is 0. The van der Waals surface area contributed by atoms with Gasteiger partial charge in [-0.3, -0.25) is 14.4 Å². The summed E-state index contributed by atoms with van der Waals surface area (Å²) in [6.07, 6.45) is 2.92. The highest BCUT2D eigenvalue weighted by Crippen LogP contribution is 2.60. The number of carbonyl (C=O) groups is 3. The molecule has 3 heterocycles. The number of H-pyrrole nitrogens is 2. The Kier molecular flexibility index (Phi) is 5.82. The summed E-state index contributed by atoms with van der Waals surface area (Å²) >= 11 is 0. The normalized spacial score (nSPS) is 23.0. The van der Waals surface area contributed by atoms with Crippen LogP contribution in [0.1, 0.15) is 55.0 Å². The molecule has 1 aliphatic heterocycles. The Bertz CT molecular complexity index is 1560. The number of carbonyl (C=O) groups excluding carboxylic acids is 3. The monoisotopic (exact) mass is 525 g/mol. The van der Waals surface area contributed by atoms with Gasteiger partial charge in [0, 0.05) is 41.3 Å². The molecule has 4 unspecified atom stereocenters. The van der Waals surface area contributed by atoms with E-state index in [1.807, 2.05) is 80.4 Å². The van der Waals surface area contributed by atoms with Crippen molar-refractivity contribution in [3.8, 4) is 0 Å². The molecule has 2 fully saturated rings. The highest BCUT2D eigenvalue weighted by atomic mass is 16.2. The molecule has 6 rings (SSSR count). The lowest BCUT2D eigenvalue weighted by Gasteiger charge is -2.32. The molecule has 8 nitrogen and oxygen atoms in total. The maximum absolute atomic E-state index is 13.6. The number of benzene rings is 2. The number of piperidine rings is 1. The third-order valence-electron chi connectivity index (χ3n) is 8.54. The summed E-state index contributed by atoms with van der Waals surface area (Å²) < 4.78 is 0. The van der Waals surface area contributed by atoms with Crippen molar-refractivity contribution in [1.29, 1.82) is 0 Å². The van der Waals surface area contributed by atoms with Gasteiger partial charge in [-0.15, -0.1) is 0 Å². The summed E-state index contributed by atoms with van der Waals surface area (Å²) in [4.78, 5) is 48.5. The number of likely N-dealkylation sites (tertiary alicyclic amines) is 1. The predicted molar refractivity (Wildman–Crippen MR) is 151 cm³/mol. The Labute approximate surface area is 227 Å². The van der Waals surface area contributed by atoms with E-state index in [-0.39, 0.29) is 29.2 Å². The Morgan fingerprint density at radius 3 is 2.62 bits per heavy atom. The van der Waals surface area contributed by atoms with Gasteiger partial charge in [-0.05, 0) is 58.9 Å². The first kappa shape index (κ1) is 25.2. The zero-order valence-electron chi connectivity index (χ0n) is 22.8. The molecule has 4 atom stereocenters. The molecule has 2 aliphatic rings. The van der Waals surface area contributed by atoms with Crippen molar-refractivity contribution in [2.24, 2.45) is 16.7 Å². The van der Waals surface area contributed by atoms with Crippen LogP contribution in [0.5, 0.6) is 0 Å². The van der Waals surface area contributed by atoms with Gasteiger partial charge in [-0.1, -0.05) is 52.0 Å². The molecular weight excluding hydrogens is 490 g/mol. The molecule has 0 bridgehead atoms. The van der Waals surface area contributed by atoms with E-state index in [1.54, 1.807) is 6.07 Å². The van der Waals surface area contributed by atoms with Gasteiger partial charge in [0.25, 0.3) is 11.8 Å². The van der Waals surface area contributed by atoms with Crippen molar-refractivity contribution in [2.45, 2.75) is 46.2 Å². The third-order valence-corrected chi connectivity index (χ3v) is 8.54. The number of amides is 3. The Hall–Kier alpha value is -4.07. The van der Waals surface area contributed by atoms with Crippen molar-refractivity contribution in [3.63, 3.8) is 0 Å². The molecule has 202 valence electrons. The molecule has 3 amide bonds. The van der Waals surface area contributed by atoms with Crippen LogP contribution in [0.3, 0.4) is 0 Å². The van der Waals surface area contributed by atoms with E-state index in [1.165, 1.54) is 0 Å². The number of aromatic nitrogens is 2. The average molecular weight is 526 g/mol. The van der Waals surface area contributed by atoms with Gasteiger partial charge in [0.05, 0.1) is 6.04 Å². The van der Waals surface area contributed by atoms with E-state index in [0.29, 0.717) is 30.3 Å². The predicted octanol–water partition coefficient (Wildman–Crippen LogP) is 4.46. The molecule has 2 aromatic heterocycles. The van der Waals surface area contributed by atoms with E-state index in [9.17, 15) is 14.4 Å². The van der Waals surface area contributed by atoms with E-state index >= 15 is 0 Å². The number of nitrogens with zero attached hydrogens (tertiary/aromatic N) is 1. The molecule has 1 saturated carbocycles. The number of nitrogens with one attached hydrogen (secondary N) is 4. The van der Waals surface area contributed by atoms with Crippen molar-refractivity contribution < 1.29 is 14.4 Å². The van der Waals surface area contributed by atoms with Gasteiger partial charge in [0.1, 0.15) is 11.7 Å². The number of hydrogen-bond acceptors (Lipinski definition) is 3. The van der Waals surface area contributed by atoms with Crippen molar-refractivity contribution >= 4 is 39.5 Å². The highest BCUT2D eigenvalue weighted by molar-refractivity contribution is 6.01. The largest absolute Gasteiger partial charge is 0.361 e. The second-order valence-corrected chi connectivity index (χ2v) is 12.5.